The largest absolute Gasteiger partial charge is 0.377 e. The molecule has 3 fully saturated rings. The number of nitrogens with one attached hydrogen (secondary N) is 1. The highest BCUT2D eigenvalue weighted by Gasteiger charge is 2.50. The van der Waals surface area contributed by atoms with Gasteiger partial charge in [0.15, 0.2) is 0 Å². The molecule has 0 amide bonds. The number of rotatable bonds is 9. The van der Waals surface area contributed by atoms with Gasteiger partial charge in [0.1, 0.15) is 0 Å². The molecule has 0 aromatic heterocycles. The molecule has 2 saturated carbocycles. The molecule has 1 aliphatic heterocycles. The van der Waals surface area contributed by atoms with Crippen molar-refractivity contribution in [1.29, 1.82) is 0 Å². The third kappa shape index (κ3) is 3.52. The van der Waals surface area contributed by atoms with E-state index in [0.717, 1.165) is 18.6 Å². The molecule has 0 bridgehead atoms. The van der Waals surface area contributed by atoms with Crippen LogP contribution in [0.5, 0.6) is 0 Å². The summed E-state index contributed by atoms with van der Waals surface area (Å²) in [6, 6.07) is 0.841. The average Bonchev–Trinajstić information content (AvgIpc) is 3.33. The molecule has 0 spiro atoms. The van der Waals surface area contributed by atoms with Crippen molar-refractivity contribution in [3.8, 4) is 0 Å². The lowest BCUT2D eigenvalue weighted by Crippen LogP contribution is -2.42. The van der Waals surface area contributed by atoms with Gasteiger partial charge in [-0.25, -0.2) is 0 Å². The molecule has 1 heterocycles. The minimum atomic E-state index is 0.484. The van der Waals surface area contributed by atoms with Crippen molar-refractivity contribution in [2.75, 3.05) is 13.2 Å². The van der Waals surface area contributed by atoms with E-state index in [1.54, 1.807) is 0 Å². The Hall–Kier alpha value is -0.0800. The van der Waals surface area contributed by atoms with Crippen molar-refractivity contribution in [2.24, 2.45) is 11.3 Å². The van der Waals surface area contributed by atoms with E-state index in [4.69, 9.17) is 4.74 Å². The Balaban J connectivity index is 1.55. The quantitative estimate of drug-likeness (QED) is 0.639. The SMILES string of the molecule is CCCCCCC1(CNC2CC2)CCOC1C1CC1. The molecule has 1 N–H and O–H groups in total. The van der Waals surface area contributed by atoms with Crippen LogP contribution in [0.25, 0.3) is 0 Å². The fourth-order valence-electron chi connectivity index (χ4n) is 3.83. The average molecular weight is 265 g/mol. The highest BCUT2D eigenvalue weighted by Crippen LogP contribution is 2.50. The van der Waals surface area contributed by atoms with E-state index in [1.807, 2.05) is 0 Å². The summed E-state index contributed by atoms with van der Waals surface area (Å²) in [5.74, 6) is 0.898. The highest BCUT2D eigenvalue weighted by molar-refractivity contribution is 5.01. The van der Waals surface area contributed by atoms with E-state index >= 15 is 0 Å². The van der Waals surface area contributed by atoms with Gasteiger partial charge in [-0.15, -0.1) is 0 Å². The van der Waals surface area contributed by atoms with E-state index in [-0.39, 0.29) is 0 Å². The zero-order valence-electron chi connectivity index (χ0n) is 12.6. The lowest BCUT2D eigenvalue weighted by Gasteiger charge is -2.35. The van der Waals surface area contributed by atoms with Crippen LogP contribution in [0, 0.1) is 11.3 Å². The second-order valence-electron chi connectivity index (χ2n) is 7.21. The Bertz CT molecular complexity index is 285. The van der Waals surface area contributed by atoms with Gasteiger partial charge in [-0.05, 0) is 44.4 Å². The summed E-state index contributed by atoms with van der Waals surface area (Å²) in [7, 11) is 0. The van der Waals surface area contributed by atoms with Gasteiger partial charge in [0.2, 0.25) is 0 Å². The topological polar surface area (TPSA) is 21.3 Å². The van der Waals surface area contributed by atoms with E-state index in [1.165, 1.54) is 70.8 Å². The summed E-state index contributed by atoms with van der Waals surface area (Å²) in [6.07, 6.45) is 14.5. The summed E-state index contributed by atoms with van der Waals surface area (Å²) in [4.78, 5) is 0. The first-order valence-electron chi connectivity index (χ1n) is 8.69. The second kappa shape index (κ2) is 6.13. The maximum absolute atomic E-state index is 6.16. The summed E-state index contributed by atoms with van der Waals surface area (Å²) >= 11 is 0. The third-order valence-electron chi connectivity index (χ3n) is 5.40. The maximum atomic E-state index is 6.16. The van der Waals surface area contributed by atoms with Crippen LogP contribution in [-0.2, 0) is 4.74 Å². The monoisotopic (exact) mass is 265 g/mol. The number of unbranched alkanes of at least 4 members (excludes halogenated alkanes) is 3. The lowest BCUT2D eigenvalue weighted by molar-refractivity contribution is 0.0251. The highest BCUT2D eigenvalue weighted by atomic mass is 16.5. The van der Waals surface area contributed by atoms with E-state index in [9.17, 15) is 0 Å². The molecular formula is C17H31NO. The molecule has 3 aliphatic rings. The molecule has 2 unspecified atom stereocenters. The molecule has 2 heteroatoms. The predicted octanol–water partition coefficient (Wildman–Crippen LogP) is 3.89. The molecule has 2 aliphatic carbocycles. The second-order valence-corrected chi connectivity index (χ2v) is 7.21. The van der Waals surface area contributed by atoms with Gasteiger partial charge in [0.05, 0.1) is 6.10 Å². The van der Waals surface area contributed by atoms with Crippen LogP contribution in [0.2, 0.25) is 0 Å². The van der Waals surface area contributed by atoms with Crippen molar-refractivity contribution in [3.63, 3.8) is 0 Å². The Kier molecular flexibility index (Phi) is 4.48. The van der Waals surface area contributed by atoms with Crippen molar-refractivity contribution in [2.45, 2.75) is 83.3 Å². The lowest BCUT2D eigenvalue weighted by atomic mass is 9.74. The fraction of sp³-hybridized carbons (Fsp3) is 1.00. The Morgan fingerprint density at radius 1 is 1.11 bits per heavy atom. The van der Waals surface area contributed by atoms with Crippen molar-refractivity contribution in [1.82, 2.24) is 5.32 Å². The van der Waals surface area contributed by atoms with Crippen molar-refractivity contribution < 1.29 is 4.74 Å². The molecule has 0 radical (unpaired) electrons. The van der Waals surface area contributed by atoms with Crippen LogP contribution in [0.1, 0.15) is 71.1 Å². The predicted molar refractivity (Wildman–Crippen MR) is 79.3 cm³/mol. The molecule has 1 saturated heterocycles. The van der Waals surface area contributed by atoms with E-state index < -0.39 is 0 Å². The van der Waals surface area contributed by atoms with Gasteiger partial charge in [-0.1, -0.05) is 32.6 Å². The molecular weight excluding hydrogens is 234 g/mol. The van der Waals surface area contributed by atoms with Crippen LogP contribution < -0.4 is 5.32 Å². The minimum Gasteiger partial charge on any atom is -0.377 e. The Morgan fingerprint density at radius 3 is 2.63 bits per heavy atom. The number of hydrogen-bond donors (Lipinski definition) is 1. The molecule has 2 atom stereocenters. The van der Waals surface area contributed by atoms with Crippen LogP contribution in [-0.4, -0.2) is 25.3 Å². The van der Waals surface area contributed by atoms with Crippen molar-refractivity contribution >= 4 is 0 Å². The molecule has 0 aromatic rings. The van der Waals surface area contributed by atoms with E-state index in [0.29, 0.717) is 11.5 Å². The molecule has 110 valence electrons. The van der Waals surface area contributed by atoms with Gasteiger partial charge in [0.25, 0.3) is 0 Å². The van der Waals surface area contributed by atoms with Gasteiger partial charge >= 0.3 is 0 Å². The summed E-state index contributed by atoms with van der Waals surface area (Å²) in [6.45, 7) is 4.54. The standard InChI is InChI=1S/C17H31NO/c1-2-3-4-5-10-17(13-18-15-8-9-15)11-12-19-16(17)14-6-7-14/h14-16,18H,2-13H2,1H3. The summed E-state index contributed by atoms with van der Waals surface area (Å²) in [5, 5.41) is 3.81. The normalized spacial score (nSPS) is 34.9. The Labute approximate surface area is 118 Å². The molecule has 0 aromatic carbocycles. The number of hydrogen-bond acceptors (Lipinski definition) is 2. The zero-order chi connectivity index (χ0) is 13.1. The molecule has 3 rings (SSSR count). The fourth-order valence-corrected chi connectivity index (χ4v) is 3.83. The van der Waals surface area contributed by atoms with Gasteiger partial charge in [0, 0.05) is 24.6 Å². The first-order valence-corrected chi connectivity index (χ1v) is 8.69. The number of ether oxygens (including phenoxy) is 1. The van der Waals surface area contributed by atoms with Gasteiger partial charge < -0.3 is 10.1 Å². The van der Waals surface area contributed by atoms with E-state index in [2.05, 4.69) is 12.2 Å². The first kappa shape index (κ1) is 13.9. The smallest absolute Gasteiger partial charge is 0.0672 e. The van der Waals surface area contributed by atoms with Crippen LogP contribution in [0.4, 0.5) is 0 Å². The van der Waals surface area contributed by atoms with Crippen LogP contribution in [0.3, 0.4) is 0 Å². The summed E-state index contributed by atoms with van der Waals surface area (Å²) in [5.41, 5.74) is 0.484. The van der Waals surface area contributed by atoms with Crippen LogP contribution in [0.15, 0.2) is 0 Å². The van der Waals surface area contributed by atoms with Gasteiger partial charge in [-0.2, -0.15) is 0 Å². The minimum absolute atomic E-state index is 0.484. The maximum Gasteiger partial charge on any atom is 0.0672 e. The van der Waals surface area contributed by atoms with Gasteiger partial charge in [-0.3, -0.25) is 0 Å². The summed E-state index contributed by atoms with van der Waals surface area (Å²) < 4.78 is 6.16. The zero-order valence-corrected chi connectivity index (χ0v) is 12.6. The third-order valence-corrected chi connectivity index (χ3v) is 5.40. The molecule has 19 heavy (non-hydrogen) atoms. The molecule has 2 nitrogen and oxygen atoms in total. The van der Waals surface area contributed by atoms with Crippen LogP contribution >= 0.6 is 0 Å². The Morgan fingerprint density at radius 2 is 1.95 bits per heavy atom. The first-order chi connectivity index (χ1) is 9.34. The van der Waals surface area contributed by atoms with Crippen molar-refractivity contribution in [3.05, 3.63) is 0 Å².